The highest BCUT2D eigenvalue weighted by Crippen LogP contribution is 2.33. The molecule has 198 valence electrons. The molecule has 2 N–H and O–H groups in total. The van der Waals surface area contributed by atoms with Crippen LogP contribution >= 0.6 is 15.9 Å². The number of ether oxygens (including phenoxy) is 3. The van der Waals surface area contributed by atoms with E-state index in [4.69, 9.17) is 14.2 Å². The van der Waals surface area contributed by atoms with Gasteiger partial charge in [-0.15, -0.1) is 0 Å². The van der Waals surface area contributed by atoms with Gasteiger partial charge in [0.1, 0.15) is 11.6 Å². The van der Waals surface area contributed by atoms with E-state index in [2.05, 4.69) is 36.2 Å². The molecule has 1 aromatic carbocycles. The van der Waals surface area contributed by atoms with Crippen molar-refractivity contribution in [2.24, 2.45) is 4.99 Å². The molecule has 0 spiro atoms. The van der Waals surface area contributed by atoms with Gasteiger partial charge in [0.25, 0.3) is 5.91 Å². The maximum atomic E-state index is 13.5. The van der Waals surface area contributed by atoms with Gasteiger partial charge in [-0.2, -0.15) is 0 Å². The molecule has 0 fully saturated rings. The minimum atomic E-state index is -1.43. The number of guanidine groups is 1. The van der Waals surface area contributed by atoms with E-state index < -0.39 is 48.2 Å². The topological polar surface area (TPSA) is 170 Å². The summed E-state index contributed by atoms with van der Waals surface area (Å²) in [5.41, 5.74) is 1.53. The summed E-state index contributed by atoms with van der Waals surface area (Å²) in [5.74, 6) is -3.39. The summed E-state index contributed by atoms with van der Waals surface area (Å²) in [6, 6.07) is 3.36. The van der Waals surface area contributed by atoms with Gasteiger partial charge in [-0.05, 0) is 55.8 Å². The highest BCUT2D eigenvalue weighted by molar-refractivity contribution is 9.10. The molecular weight excluding hydrogens is 554 g/mol. The van der Waals surface area contributed by atoms with Crippen LogP contribution in [0.5, 0.6) is 0 Å². The van der Waals surface area contributed by atoms with E-state index in [0.717, 1.165) is 0 Å². The van der Waals surface area contributed by atoms with Crippen LogP contribution in [0.1, 0.15) is 27.7 Å². The Labute approximate surface area is 220 Å². The van der Waals surface area contributed by atoms with Gasteiger partial charge in [0.15, 0.2) is 18.3 Å². The van der Waals surface area contributed by atoms with Crippen LogP contribution in [-0.4, -0.2) is 82.4 Å². The largest absolute Gasteiger partial charge is 0.450 e. The lowest BCUT2D eigenvalue weighted by Crippen LogP contribution is -2.49. The summed E-state index contributed by atoms with van der Waals surface area (Å²) in [5, 5.41) is 12.2. The van der Waals surface area contributed by atoms with E-state index in [1.165, 1.54) is 38.8 Å². The number of aliphatic imine (C=N–C) groups is 1. The second-order valence-corrected chi connectivity index (χ2v) is 8.83. The number of carbonyl (C=O) groups is 4. The van der Waals surface area contributed by atoms with Crippen molar-refractivity contribution in [3.63, 3.8) is 0 Å². The van der Waals surface area contributed by atoms with Gasteiger partial charge in [0.05, 0.1) is 22.2 Å². The molecular formula is C23H26BrN5O8. The van der Waals surface area contributed by atoms with E-state index in [9.17, 15) is 24.3 Å². The molecule has 2 heterocycles. The molecule has 37 heavy (non-hydrogen) atoms. The number of hydrogen-bond acceptors (Lipinski definition) is 12. The minimum absolute atomic E-state index is 0.269. The summed E-state index contributed by atoms with van der Waals surface area (Å²) < 4.78 is 15.5. The molecule has 2 aromatic rings. The number of esters is 3. The van der Waals surface area contributed by atoms with Gasteiger partial charge >= 0.3 is 17.9 Å². The fraction of sp³-hybridized carbons (Fsp3) is 0.435. The SMILES string of the molecule is C[C@H](O)C(=O)O[C@@H](C)C(=O)O[C@@H](C)C(=O)O[C@@H](C)C(=O)N(C1=NCCN1)c1ccc2nccnc2c1Br. The Balaban J connectivity index is 1.73. The molecule has 0 saturated carbocycles. The standard InChI is InChI=1S/C23H26BrN5O8/c1-11(30)20(32)36-13(3)22(34)37-14(4)21(33)35-12(2)19(31)29(23-27-9-10-28-23)16-6-5-15-18(17(16)24)26-8-7-25-15/h5-8,11-14,30H,9-10H2,1-4H3,(H,27,28)/t11-,12-,13-,14-/m0/s1. The molecule has 3 rings (SSSR count). The third-order valence-corrected chi connectivity index (χ3v) is 5.90. The molecule has 0 aliphatic carbocycles. The molecule has 1 aromatic heterocycles. The molecule has 0 saturated heterocycles. The molecule has 1 amide bonds. The molecule has 13 nitrogen and oxygen atoms in total. The fourth-order valence-corrected chi connectivity index (χ4v) is 3.79. The van der Waals surface area contributed by atoms with Crippen molar-refractivity contribution in [3.05, 3.63) is 29.0 Å². The number of fused-ring (bicyclic) bond motifs is 1. The number of nitrogens with one attached hydrogen (secondary N) is 1. The predicted molar refractivity (Wildman–Crippen MR) is 133 cm³/mol. The van der Waals surface area contributed by atoms with Crippen LogP contribution in [-0.2, 0) is 33.4 Å². The first kappa shape index (κ1) is 27.9. The normalized spacial score (nSPS) is 16.0. The van der Waals surface area contributed by atoms with Gasteiger partial charge in [-0.1, -0.05) is 0 Å². The van der Waals surface area contributed by atoms with Crippen molar-refractivity contribution in [2.75, 3.05) is 18.0 Å². The van der Waals surface area contributed by atoms with E-state index in [1.54, 1.807) is 18.3 Å². The Hall–Kier alpha value is -3.65. The minimum Gasteiger partial charge on any atom is -0.450 e. The summed E-state index contributed by atoms with van der Waals surface area (Å²) in [6.45, 7) is 6.00. The summed E-state index contributed by atoms with van der Waals surface area (Å²) >= 11 is 3.49. The zero-order chi connectivity index (χ0) is 27.3. The van der Waals surface area contributed by atoms with Crippen LogP contribution in [0.4, 0.5) is 5.69 Å². The first-order valence-corrected chi connectivity index (χ1v) is 12.1. The molecule has 14 heteroatoms. The number of aliphatic hydroxyl groups excluding tert-OH is 1. The number of benzene rings is 1. The zero-order valence-electron chi connectivity index (χ0n) is 20.5. The van der Waals surface area contributed by atoms with Crippen LogP contribution in [0, 0.1) is 0 Å². The Bertz CT molecular complexity index is 1240. The third kappa shape index (κ3) is 6.57. The van der Waals surface area contributed by atoms with Crippen LogP contribution in [0.15, 0.2) is 34.0 Å². The van der Waals surface area contributed by atoms with Crippen molar-refractivity contribution in [2.45, 2.75) is 52.1 Å². The van der Waals surface area contributed by atoms with Crippen molar-refractivity contribution in [3.8, 4) is 0 Å². The van der Waals surface area contributed by atoms with Gasteiger partial charge in [0, 0.05) is 18.9 Å². The Morgan fingerprint density at radius 1 is 0.946 bits per heavy atom. The van der Waals surface area contributed by atoms with Gasteiger partial charge < -0.3 is 24.6 Å². The van der Waals surface area contributed by atoms with E-state index in [1.807, 2.05) is 0 Å². The van der Waals surface area contributed by atoms with Crippen molar-refractivity contribution >= 4 is 62.4 Å². The van der Waals surface area contributed by atoms with Crippen molar-refractivity contribution < 1.29 is 38.5 Å². The number of amides is 1. The first-order chi connectivity index (χ1) is 17.5. The molecule has 0 unspecified atom stereocenters. The second-order valence-electron chi connectivity index (χ2n) is 8.04. The molecule has 4 atom stereocenters. The molecule has 1 aliphatic rings. The number of halogens is 1. The first-order valence-electron chi connectivity index (χ1n) is 11.3. The highest BCUT2D eigenvalue weighted by atomic mass is 79.9. The number of aliphatic hydroxyl groups is 1. The van der Waals surface area contributed by atoms with E-state index in [0.29, 0.717) is 34.3 Å². The van der Waals surface area contributed by atoms with Gasteiger partial charge in [-0.25, -0.2) is 19.3 Å². The second kappa shape index (κ2) is 12.1. The number of anilines is 1. The quantitative estimate of drug-likeness (QED) is 0.335. The van der Waals surface area contributed by atoms with Crippen molar-refractivity contribution in [1.82, 2.24) is 15.3 Å². The number of rotatable bonds is 8. The van der Waals surface area contributed by atoms with E-state index in [-0.39, 0.29) is 5.96 Å². The summed E-state index contributed by atoms with van der Waals surface area (Å²) in [4.78, 5) is 63.8. The monoisotopic (exact) mass is 579 g/mol. The lowest BCUT2D eigenvalue weighted by atomic mass is 10.2. The highest BCUT2D eigenvalue weighted by Gasteiger charge is 2.34. The lowest BCUT2D eigenvalue weighted by Gasteiger charge is -2.27. The number of nitrogens with zero attached hydrogens (tertiary/aromatic N) is 4. The van der Waals surface area contributed by atoms with Gasteiger partial charge in [-0.3, -0.25) is 19.8 Å². The number of hydrogen-bond donors (Lipinski definition) is 2. The van der Waals surface area contributed by atoms with Crippen molar-refractivity contribution in [1.29, 1.82) is 0 Å². The van der Waals surface area contributed by atoms with Crippen LogP contribution < -0.4 is 10.2 Å². The third-order valence-electron chi connectivity index (χ3n) is 5.12. The summed E-state index contributed by atoms with van der Waals surface area (Å²) in [7, 11) is 0. The maximum absolute atomic E-state index is 13.5. The Kier molecular flexibility index (Phi) is 9.10. The lowest BCUT2D eigenvalue weighted by molar-refractivity contribution is -0.181. The molecule has 1 aliphatic heterocycles. The fourth-order valence-electron chi connectivity index (χ4n) is 3.18. The maximum Gasteiger partial charge on any atom is 0.347 e. The van der Waals surface area contributed by atoms with Crippen LogP contribution in [0.2, 0.25) is 0 Å². The summed E-state index contributed by atoms with van der Waals surface area (Å²) in [6.07, 6.45) is -2.43. The Morgan fingerprint density at radius 3 is 2.14 bits per heavy atom. The van der Waals surface area contributed by atoms with Crippen LogP contribution in [0.25, 0.3) is 11.0 Å². The Morgan fingerprint density at radius 2 is 1.54 bits per heavy atom. The molecule has 0 bridgehead atoms. The molecule has 0 radical (unpaired) electrons. The average Bonchev–Trinajstić information content (AvgIpc) is 3.39. The zero-order valence-corrected chi connectivity index (χ0v) is 22.1. The predicted octanol–water partition coefficient (Wildman–Crippen LogP) is 0.860. The smallest absolute Gasteiger partial charge is 0.347 e. The number of carbonyl (C=O) groups excluding carboxylic acids is 4. The number of aromatic nitrogens is 2. The van der Waals surface area contributed by atoms with Gasteiger partial charge in [0.2, 0.25) is 5.96 Å². The van der Waals surface area contributed by atoms with Crippen LogP contribution in [0.3, 0.4) is 0 Å². The van der Waals surface area contributed by atoms with E-state index >= 15 is 0 Å². The average molecular weight is 580 g/mol.